The fourth-order valence-electron chi connectivity index (χ4n) is 4.33. The van der Waals surface area contributed by atoms with E-state index < -0.39 is 56.9 Å². The largest absolute Gasteiger partial charge is 0.417 e. The molecule has 3 aromatic rings. The van der Waals surface area contributed by atoms with Gasteiger partial charge in [-0.1, -0.05) is 66.6 Å². The smallest absolute Gasteiger partial charge is 0.352 e. The molecule has 0 radical (unpaired) electrons. The molecular weight excluding hydrogens is 591 g/mol. The third-order valence-electron chi connectivity index (χ3n) is 6.44. The highest BCUT2D eigenvalue weighted by molar-refractivity contribution is 7.92. The van der Waals surface area contributed by atoms with Gasteiger partial charge in [0, 0.05) is 12.6 Å². The van der Waals surface area contributed by atoms with Gasteiger partial charge in [-0.05, 0) is 63.1 Å². The molecule has 0 saturated heterocycles. The van der Waals surface area contributed by atoms with Crippen LogP contribution < -0.4 is 9.62 Å². The van der Waals surface area contributed by atoms with Crippen LogP contribution in [0.5, 0.6) is 0 Å². The highest BCUT2D eigenvalue weighted by Gasteiger charge is 2.37. The van der Waals surface area contributed by atoms with Crippen molar-refractivity contribution in [2.45, 2.75) is 63.8 Å². The number of sulfonamides is 1. The quantitative estimate of drug-likeness (QED) is 0.276. The highest BCUT2D eigenvalue weighted by Crippen LogP contribution is 2.38. The second kappa shape index (κ2) is 13.6. The lowest BCUT2D eigenvalue weighted by Crippen LogP contribution is -2.53. The van der Waals surface area contributed by atoms with E-state index in [-0.39, 0.29) is 23.9 Å². The number of nitrogens with one attached hydrogen (secondary N) is 1. The lowest BCUT2D eigenvalue weighted by Gasteiger charge is -2.33. The van der Waals surface area contributed by atoms with E-state index in [2.05, 4.69) is 5.32 Å². The van der Waals surface area contributed by atoms with Gasteiger partial charge in [0.05, 0.1) is 21.2 Å². The summed E-state index contributed by atoms with van der Waals surface area (Å²) in [5.74, 6) is -1.21. The number of hydrogen-bond acceptors (Lipinski definition) is 4. The predicted octanol–water partition coefficient (Wildman–Crippen LogP) is 6.19. The Hall–Kier alpha value is -3.57. The monoisotopic (exact) mass is 623 g/mol. The van der Waals surface area contributed by atoms with Gasteiger partial charge >= 0.3 is 6.18 Å². The van der Waals surface area contributed by atoms with Crippen LogP contribution in [0.25, 0.3) is 0 Å². The molecule has 0 spiro atoms. The predicted molar refractivity (Wildman–Crippen MR) is 157 cm³/mol. The van der Waals surface area contributed by atoms with Crippen LogP contribution in [0.1, 0.15) is 43.9 Å². The van der Waals surface area contributed by atoms with Crippen molar-refractivity contribution in [3.8, 4) is 0 Å². The zero-order valence-corrected chi connectivity index (χ0v) is 25.2. The summed E-state index contributed by atoms with van der Waals surface area (Å²) in [5.41, 5.74) is -0.207. The Morgan fingerprint density at radius 2 is 1.60 bits per heavy atom. The molecule has 1 unspecified atom stereocenters. The maximum atomic E-state index is 14.0. The van der Waals surface area contributed by atoms with E-state index in [1.807, 2.05) is 0 Å². The van der Waals surface area contributed by atoms with Gasteiger partial charge in [-0.25, -0.2) is 8.42 Å². The molecule has 0 heterocycles. The number of amides is 2. The topological polar surface area (TPSA) is 86.8 Å². The van der Waals surface area contributed by atoms with Gasteiger partial charge in [0.2, 0.25) is 11.8 Å². The van der Waals surface area contributed by atoms with Gasteiger partial charge in [0.25, 0.3) is 10.0 Å². The van der Waals surface area contributed by atoms with Crippen molar-refractivity contribution in [1.29, 1.82) is 0 Å². The molecule has 0 fully saturated rings. The molecule has 1 N–H and O–H groups in total. The fourth-order valence-corrected chi connectivity index (χ4v) is 5.96. The van der Waals surface area contributed by atoms with Crippen molar-refractivity contribution >= 4 is 39.1 Å². The Kier molecular flexibility index (Phi) is 10.7. The molecule has 3 aromatic carbocycles. The van der Waals surface area contributed by atoms with Crippen LogP contribution in [0.3, 0.4) is 0 Å². The van der Waals surface area contributed by atoms with E-state index in [1.165, 1.54) is 17.0 Å². The lowest BCUT2D eigenvalue weighted by atomic mass is 10.1. The number of carbonyl (C=O) groups excluding carboxylic acids is 2. The fraction of sp³-hybridized carbons (Fsp3) is 0.333. The number of nitrogens with zero attached hydrogens (tertiary/aromatic N) is 2. The molecule has 2 amide bonds. The first kappa shape index (κ1) is 32.9. The molecule has 0 aliphatic rings. The zero-order valence-electron chi connectivity index (χ0n) is 23.7. The van der Waals surface area contributed by atoms with E-state index in [0.29, 0.717) is 15.9 Å². The van der Waals surface area contributed by atoms with Gasteiger partial charge in [-0.3, -0.25) is 13.9 Å². The van der Waals surface area contributed by atoms with Crippen LogP contribution in [0.15, 0.2) is 77.7 Å². The Balaban J connectivity index is 2.14. The van der Waals surface area contributed by atoms with E-state index in [4.69, 9.17) is 11.6 Å². The van der Waals surface area contributed by atoms with Crippen LogP contribution in [-0.4, -0.2) is 43.8 Å². The highest BCUT2D eigenvalue weighted by atomic mass is 35.5. The minimum absolute atomic E-state index is 0.0312. The number of benzene rings is 3. The van der Waals surface area contributed by atoms with Gasteiger partial charge in [0.1, 0.15) is 12.6 Å². The number of rotatable bonds is 11. The second-order valence-electron chi connectivity index (χ2n) is 10.1. The molecule has 1 atom stereocenters. The molecule has 3 rings (SSSR count). The number of carbonyl (C=O) groups is 2. The Morgan fingerprint density at radius 1 is 0.976 bits per heavy atom. The lowest BCUT2D eigenvalue weighted by molar-refractivity contribution is -0.140. The second-order valence-corrected chi connectivity index (χ2v) is 12.4. The first-order valence-electron chi connectivity index (χ1n) is 13.2. The zero-order chi connectivity index (χ0) is 31.2. The Bertz CT molecular complexity index is 1500. The molecule has 0 aliphatic heterocycles. The number of aryl methyl sites for hydroxylation is 1. The number of hydrogen-bond donors (Lipinski definition) is 1. The Labute approximate surface area is 249 Å². The summed E-state index contributed by atoms with van der Waals surface area (Å²) in [6, 6.07) is 16.0. The minimum Gasteiger partial charge on any atom is -0.352 e. The van der Waals surface area contributed by atoms with E-state index in [1.54, 1.807) is 70.2 Å². The van der Waals surface area contributed by atoms with Gasteiger partial charge in [0.15, 0.2) is 0 Å². The molecular formula is C30H33ClF3N3O4S. The van der Waals surface area contributed by atoms with Gasteiger partial charge < -0.3 is 10.2 Å². The SMILES string of the molecule is CCC(C(=O)NC(C)C)N(Cc1ccccc1)C(=O)CN(c1ccc(Cl)c(C(F)(F)F)c1)S(=O)(=O)c1ccc(C)cc1. The van der Waals surface area contributed by atoms with Crippen LogP contribution in [-0.2, 0) is 32.3 Å². The maximum Gasteiger partial charge on any atom is 0.417 e. The molecule has 12 heteroatoms. The number of anilines is 1. The third-order valence-corrected chi connectivity index (χ3v) is 8.56. The van der Waals surface area contributed by atoms with E-state index >= 15 is 0 Å². The van der Waals surface area contributed by atoms with Crippen molar-refractivity contribution in [3.63, 3.8) is 0 Å². The normalized spacial score (nSPS) is 12.6. The molecule has 0 bridgehead atoms. The maximum absolute atomic E-state index is 14.0. The van der Waals surface area contributed by atoms with Crippen LogP contribution >= 0.6 is 11.6 Å². The summed E-state index contributed by atoms with van der Waals surface area (Å²) in [4.78, 5) is 28.2. The van der Waals surface area contributed by atoms with Crippen molar-refractivity contribution < 1.29 is 31.2 Å². The molecule has 0 aliphatic carbocycles. The number of halogens is 4. The van der Waals surface area contributed by atoms with E-state index in [9.17, 15) is 31.2 Å². The first-order valence-corrected chi connectivity index (χ1v) is 15.1. The molecule has 0 aromatic heterocycles. The molecule has 7 nitrogen and oxygen atoms in total. The summed E-state index contributed by atoms with van der Waals surface area (Å²) in [6.07, 6.45) is -4.67. The van der Waals surface area contributed by atoms with Crippen molar-refractivity contribution in [2.75, 3.05) is 10.8 Å². The first-order chi connectivity index (χ1) is 19.6. The summed E-state index contributed by atoms with van der Waals surface area (Å²) in [7, 11) is -4.54. The van der Waals surface area contributed by atoms with Gasteiger partial charge in [-0.2, -0.15) is 13.2 Å². The summed E-state index contributed by atoms with van der Waals surface area (Å²) in [6.45, 7) is 6.10. The minimum atomic E-state index is -4.88. The average molecular weight is 624 g/mol. The summed E-state index contributed by atoms with van der Waals surface area (Å²) >= 11 is 5.81. The van der Waals surface area contributed by atoms with Gasteiger partial charge in [-0.15, -0.1) is 0 Å². The standard InChI is InChI=1S/C30H33ClF3N3O4S/c1-5-27(29(39)35-20(2)3)36(18-22-9-7-6-8-10-22)28(38)19-37(42(40,41)24-14-11-21(4)12-15-24)23-13-16-26(31)25(17-23)30(32,33)34/h6-17,20,27H,5,18-19H2,1-4H3,(H,35,39). The molecule has 0 saturated carbocycles. The average Bonchev–Trinajstić information content (AvgIpc) is 2.91. The molecule has 226 valence electrons. The van der Waals surface area contributed by atoms with E-state index in [0.717, 1.165) is 17.7 Å². The third kappa shape index (κ3) is 8.04. The van der Waals surface area contributed by atoms with Crippen molar-refractivity contribution in [2.24, 2.45) is 0 Å². The summed E-state index contributed by atoms with van der Waals surface area (Å²) in [5, 5.41) is 2.17. The van der Waals surface area contributed by atoms with Crippen LogP contribution in [0.4, 0.5) is 18.9 Å². The van der Waals surface area contributed by atoms with Crippen LogP contribution in [0, 0.1) is 6.92 Å². The van der Waals surface area contributed by atoms with Crippen LogP contribution in [0.2, 0.25) is 5.02 Å². The van der Waals surface area contributed by atoms with Crippen molar-refractivity contribution in [3.05, 3.63) is 94.5 Å². The number of alkyl halides is 3. The summed E-state index contributed by atoms with van der Waals surface area (Å²) < 4.78 is 69.7. The Morgan fingerprint density at radius 3 is 2.14 bits per heavy atom. The molecule has 42 heavy (non-hydrogen) atoms. The van der Waals surface area contributed by atoms with Crippen molar-refractivity contribution in [1.82, 2.24) is 10.2 Å².